The molecule has 1 saturated heterocycles. The van der Waals surface area contributed by atoms with Crippen molar-refractivity contribution in [3.63, 3.8) is 0 Å². The van der Waals surface area contributed by atoms with E-state index in [1.807, 2.05) is 7.05 Å². The lowest BCUT2D eigenvalue weighted by atomic mass is 10.0. The van der Waals surface area contributed by atoms with Crippen LogP contribution in [-0.4, -0.2) is 32.3 Å². The van der Waals surface area contributed by atoms with Gasteiger partial charge in [0.2, 0.25) is 0 Å². The van der Waals surface area contributed by atoms with Gasteiger partial charge in [-0.2, -0.15) is 0 Å². The number of rotatable bonds is 3. The van der Waals surface area contributed by atoms with E-state index in [9.17, 15) is 0 Å². The maximum absolute atomic E-state index is 5.83. The van der Waals surface area contributed by atoms with E-state index in [0.29, 0.717) is 6.04 Å². The SMILES string of the molecule is CNC(C)c1ccc(Br)cc1N1CC(C)OC(C)C1. The molecule has 1 aliphatic rings. The van der Waals surface area contributed by atoms with Crippen LogP contribution in [0.4, 0.5) is 5.69 Å². The van der Waals surface area contributed by atoms with Gasteiger partial charge in [-0.1, -0.05) is 22.0 Å². The van der Waals surface area contributed by atoms with Crippen LogP contribution >= 0.6 is 15.9 Å². The summed E-state index contributed by atoms with van der Waals surface area (Å²) in [4.78, 5) is 2.44. The fourth-order valence-electron chi connectivity index (χ4n) is 2.69. The predicted molar refractivity (Wildman–Crippen MR) is 83.8 cm³/mol. The number of nitrogens with zero attached hydrogens (tertiary/aromatic N) is 1. The van der Waals surface area contributed by atoms with Crippen molar-refractivity contribution in [2.75, 3.05) is 25.0 Å². The van der Waals surface area contributed by atoms with Gasteiger partial charge in [-0.25, -0.2) is 0 Å². The molecule has 0 radical (unpaired) electrons. The zero-order valence-electron chi connectivity index (χ0n) is 12.1. The van der Waals surface area contributed by atoms with Crippen LogP contribution in [0.3, 0.4) is 0 Å². The van der Waals surface area contributed by atoms with Crippen LogP contribution in [0.1, 0.15) is 32.4 Å². The summed E-state index contributed by atoms with van der Waals surface area (Å²) in [5.41, 5.74) is 2.64. The summed E-state index contributed by atoms with van der Waals surface area (Å²) in [5.74, 6) is 0. The molecule has 3 nitrogen and oxygen atoms in total. The molecule has 0 aromatic heterocycles. The van der Waals surface area contributed by atoms with Crippen LogP contribution in [0.5, 0.6) is 0 Å². The fourth-order valence-corrected chi connectivity index (χ4v) is 3.04. The second-order valence-electron chi connectivity index (χ2n) is 5.38. The van der Waals surface area contributed by atoms with Crippen molar-refractivity contribution in [3.8, 4) is 0 Å². The number of ether oxygens (including phenoxy) is 1. The van der Waals surface area contributed by atoms with Gasteiger partial charge in [0.25, 0.3) is 0 Å². The number of hydrogen-bond acceptors (Lipinski definition) is 3. The van der Waals surface area contributed by atoms with Crippen molar-refractivity contribution in [2.24, 2.45) is 0 Å². The Bertz CT molecular complexity index is 428. The third-order valence-electron chi connectivity index (χ3n) is 3.65. The smallest absolute Gasteiger partial charge is 0.0726 e. The van der Waals surface area contributed by atoms with Gasteiger partial charge >= 0.3 is 0 Å². The van der Waals surface area contributed by atoms with E-state index in [1.165, 1.54) is 11.3 Å². The molecule has 3 unspecified atom stereocenters. The van der Waals surface area contributed by atoms with E-state index >= 15 is 0 Å². The highest BCUT2D eigenvalue weighted by atomic mass is 79.9. The number of halogens is 1. The first-order valence-corrected chi connectivity index (χ1v) is 7.67. The third-order valence-corrected chi connectivity index (χ3v) is 4.15. The molecule has 1 aromatic rings. The Labute approximate surface area is 124 Å². The second kappa shape index (κ2) is 6.25. The first kappa shape index (κ1) is 14.8. The third kappa shape index (κ3) is 3.50. The maximum Gasteiger partial charge on any atom is 0.0726 e. The standard InChI is InChI=1S/C15H23BrN2O/c1-10-8-18(9-11(2)19-10)15-7-13(16)5-6-14(15)12(3)17-4/h5-7,10-12,17H,8-9H2,1-4H3. The van der Waals surface area contributed by atoms with Gasteiger partial charge in [-0.15, -0.1) is 0 Å². The number of hydrogen-bond donors (Lipinski definition) is 1. The normalized spacial score (nSPS) is 25.4. The molecule has 106 valence electrons. The van der Waals surface area contributed by atoms with Crippen molar-refractivity contribution < 1.29 is 4.74 Å². The first-order chi connectivity index (χ1) is 9.01. The van der Waals surface area contributed by atoms with Crippen molar-refractivity contribution in [3.05, 3.63) is 28.2 Å². The number of morpholine rings is 1. The van der Waals surface area contributed by atoms with Crippen LogP contribution in [-0.2, 0) is 4.74 Å². The Hall–Kier alpha value is -0.580. The Morgan fingerprint density at radius 3 is 2.53 bits per heavy atom. The van der Waals surface area contributed by atoms with E-state index in [1.54, 1.807) is 0 Å². The molecule has 0 saturated carbocycles. The molecule has 0 aliphatic carbocycles. The second-order valence-corrected chi connectivity index (χ2v) is 6.29. The summed E-state index contributed by atoms with van der Waals surface area (Å²) in [6.45, 7) is 8.37. The lowest BCUT2D eigenvalue weighted by molar-refractivity contribution is -0.00528. The Morgan fingerprint density at radius 2 is 1.95 bits per heavy atom. The lowest BCUT2D eigenvalue weighted by Crippen LogP contribution is -2.46. The summed E-state index contributed by atoms with van der Waals surface area (Å²) in [7, 11) is 2.00. The summed E-state index contributed by atoms with van der Waals surface area (Å²) in [5, 5.41) is 3.33. The average molecular weight is 327 g/mol. The van der Waals surface area contributed by atoms with E-state index in [-0.39, 0.29) is 12.2 Å². The molecule has 0 spiro atoms. The van der Waals surface area contributed by atoms with E-state index in [4.69, 9.17) is 4.74 Å². The fraction of sp³-hybridized carbons (Fsp3) is 0.600. The molecule has 1 fully saturated rings. The molecule has 1 N–H and O–H groups in total. The van der Waals surface area contributed by atoms with Crippen molar-refractivity contribution in [1.29, 1.82) is 0 Å². The topological polar surface area (TPSA) is 24.5 Å². The number of nitrogens with one attached hydrogen (secondary N) is 1. The Kier molecular flexibility index (Phi) is 4.87. The van der Waals surface area contributed by atoms with Gasteiger partial charge in [0.05, 0.1) is 12.2 Å². The van der Waals surface area contributed by atoms with Crippen molar-refractivity contribution in [2.45, 2.75) is 39.0 Å². The molecule has 4 heteroatoms. The minimum atomic E-state index is 0.278. The highest BCUT2D eigenvalue weighted by Gasteiger charge is 2.25. The largest absolute Gasteiger partial charge is 0.372 e. The number of benzene rings is 1. The Morgan fingerprint density at radius 1 is 1.32 bits per heavy atom. The summed E-state index contributed by atoms with van der Waals surface area (Å²) >= 11 is 3.59. The minimum Gasteiger partial charge on any atom is -0.372 e. The molecule has 19 heavy (non-hydrogen) atoms. The van der Waals surface area contributed by atoms with Gasteiger partial charge in [-0.05, 0) is 45.5 Å². The van der Waals surface area contributed by atoms with Crippen LogP contribution < -0.4 is 10.2 Å². The zero-order chi connectivity index (χ0) is 14.0. The summed E-state index contributed by atoms with van der Waals surface area (Å²) < 4.78 is 6.95. The molecular weight excluding hydrogens is 304 g/mol. The average Bonchev–Trinajstić information content (AvgIpc) is 2.36. The molecule has 1 aliphatic heterocycles. The van der Waals surface area contributed by atoms with E-state index in [2.05, 4.69) is 65.1 Å². The predicted octanol–water partition coefficient (Wildman–Crippen LogP) is 3.34. The molecular formula is C15H23BrN2O. The molecule has 3 atom stereocenters. The molecule has 2 rings (SSSR count). The monoisotopic (exact) mass is 326 g/mol. The van der Waals surface area contributed by atoms with Crippen LogP contribution in [0.25, 0.3) is 0 Å². The molecule has 1 heterocycles. The van der Waals surface area contributed by atoms with Gasteiger partial charge < -0.3 is 15.0 Å². The Balaban J connectivity index is 2.33. The first-order valence-electron chi connectivity index (χ1n) is 6.88. The summed E-state index contributed by atoms with van der Waals surface area (Å²) in [6.07, 6.45) is 0.556. The van der Waals surface area contributed by atoms with Gasteiger partial charge in [0, 0.05) is 29.3 Å². The van der Waals surface area contributed by atoms with E-state index < -0.39 is 0 Å². The quantitative estimate of drug-likeness (QED) is 0.921. The van der Waals surface area contributed by atoms with Crippen LogP contribution in [0, 0.1) is 0 Å². The number of anilines is 1. The van der Waals surface area contributed by atoms with Gasteiger partial charge in [-0.3, -0.25) is 0 Å². The van der Waals surface area contributed by atoms with E-state index in [0.717, 1.165) is 17.6 Å². The highest BCUT2D eigenvalue weighted by molar-refractivity contribution is 9.10. The maximum atomic E-state index is 5.83. The lowest BCUT2D eigenvalue weighted by Gasteiger charge is -2.38. The zero-order valence-corrected chi connectivity index (χ0v) is 13.7. The van der Waals surface area contributed by atoms with Crippen molar-refractivity contribution >= 4 is 21.6 Å². The van der Waals surface area contributed by atoms with Crippen LogP contribution in [0.2, 0.25) is 0 Å². The minimum absolute atomic E-state index is 0.278. The van der Waals surface area contributed by atoms with Crippen LogP contribution in [0.15, 0.2) is 22.7 Å². The summed E-state index contributed by atoms with van der Waals surface area (Å²) in [6, 6.07) is 6.87. The molecule has 1 aromatic carbocycles. The molecule has 0 bridgehead atoms. The molecule has 0 amide bonds. The van der Waals surface area contributed by atoms with Crippen molar-refractivity contribution in [1.82, 2.24) is 5.32 Å². The van der Waals surface area contributed by atoms with Gasteiger partial charge in [0.1, 0.15) is 0 Å². The van der Waals surface area contributed by atoms with Gasteiger partial charge in [0.15, 0.2) is 0 Å². The highest BCUT2D eigenvalue weighted by Crippen LogP contribution is 2.31.